The fraction of sp³-hybridized carbons (Fsp3) is 1.00. The van der Waals surface area contributed by atoms with Gasteiger partial charge in [-0.25, -0.2) is 4.31 Å². The Hall–Kier alpha value is 0.522. The second kappa shape index (κ2) is 7.74. The molecular weight excluding hydrogens is 231 g/mol. The van der Waals surface area contributed by atoms with E-state index in [0.29, 0.717) is 6.54 Å². The molecule has 3 unspecified atom stereocenters. The first-order valence-corrected chi connectivity index (χ1v) is 7.61. The van der Waals surface area contributed by atoms with Crippen LogP contribution in [-0.4, -0.2) is 59.7 Å². The van der Waals surface area contributed by atoms with Crippen molar-refractivity contribution in [3.05, 3.63) is 0 Å². The van der Waals surface area contributed by atoms with Crippen LogP contribution in [0.4, 0.5) is 0 Å². The number of hydrogen-bond donors (Lipinski definition) is 2. The summed E-state index contributed by atoms with van der Waals surface area (Å²) < 4.78 is 23.0. The molecular formula is C8H20AlN2O3S-. The molecule has 0 heterocycles. The Morgan fingerprint density at radius 1 is 1.53 bits per heavy atom. The van der Waals surface area contributed by atoms with E-state index < -0.39 is 17.4 Å². The molecule has 15 heavy (non-hydrogen) atoms. The maximum Gasteiger partial charge on any atom is 0.214 e. The Morgan fingerprint density at radius 2 is 2.07 bits per heavy atom. The zero-order valence-electron chi connectivity index (χ0n) is 9.55. The summed E-state index contributed by atoms with van der Waals surface area (Å²) in [6.07, 6.45) is -0.765. The minimum atomic E-state index is -2.28. The number of rotatable bonds is 7. The third-order valence-electron chi connectivity index (χ3n) is 2.14. The zero-order valence-corrected chi connectivity index (χ0v) is 12.4. The van der Waals surface area contributed by atoms with Gasteiger partial charge >= 0.3 is 0 Å². The molecule has 0 saturated heterocycles. The highest BCUT2D eigenvalue weighted by Crippen LogP contribution is 2.04. The molecule has 0 amide bonds. The predicted molar refractivity (Wildman–Crippen MR) is 62.7 cm³/mol. The van der Waals surface area contributed by atoms with E-state index in [-0.39, 0.29) is 18.5 Å². The fourth-order valence-corrected chi connectivity index (χ4v) is 2.46. The number of aliphatic hydroxyl groups is 1. The van der Waals surface area contributed by atoms with E-state index in [2.05, 4.69) is 0 Å². The molecule has 0 radical (unpaired) electrons. The van der Waals surface area contributed by atoms with Crippen LogP contribution in [0.25, 0.3) is 0 Å². The van der Waals surface area contributed by atoms with Gasteiger partial charge < -0.3 is 15.4 Å². The molecule has 3 N–H and O–H groups in total. The standard InChI is InChI=1S/C8H19N2O3S.Al.2H/c1-6(2)4-10(14(12)13)5-8(11)7(3)9;;;/h6-8,11H,3-5,9H2,1-2H3,(H,12,13);;;/p-1. The van der Waals surface area contributed by atoms with Crippen molar-refractivity contribution in [2.45, 2.75) is 31.3 Å². The van der Waals surface area contributed by atoms with Crippen LogP contribution in [0.5, 0.6) is 0 Å². The van der Waals surface area contributed by atoms with Gasteiger partial charge in [-0.15, -0.1) is 0 Å². The van der Waals surface area contributed by atoms with Gasteiger partial charge in [0.25, 0.3) is 0 Å². The van der Waals surface area contributed by atoms with Crippen LogP contribution in [0.2, 0.25) is 5.28 Å². The Labute approximate surface area is 102 Å². The summed E-state index contributed by atoms with van der Waals surface area (Å²) in [6, 6.07) is -0.310. The van der Waals surface area contributed by atoms with Gasteiger partial charge in [0.05, 0.1) is 6.10 Å². The van der Waals surface area contributed by atoms with Crippen LogP contribution in [0.3, 0.4) is 0 Å². The number of aliphatic hydroxyl groups excluding tert-OH is 1. The lowest BCUT2D eigenvalue weighted by Crippen LogP contribution is -2.44. The second-order valence-corrected chi connectivity index (χ2v) is 5.86. The van der Waals surface area contributed by atoms with Crippen molar-refractivity contribution in [2.24, 2.45) is 11.7 Å². The zero-order chi connectivity index (χ0) is 12.0. The lowest BCUT2D eigenvalue weighted by atomic mass is 10.2. The van der Waals surface area contributed by atoms with E-state index >= 15 is 0 Å². The van der Waals surface area contributed by atoms with Gasteiger partial charge in [-0.1, -0.05) is 19.1 Å². The Kier molecular flexibility index (Phi) is 8.01. The minimum absolute atomic E-state index is 0.0949. The maximum atomic E-state index is 10.9. The highest BCUT2D eigenvalue weighted by atomic mass is 32.2. The fourth-order valence-electron chi connectivity index (χ4n) is 1.22. The summed E-state index contributed by atoms with van der Waals surface area (Å²) in [6.45, 7) is 4.37. The monoisotopic (exact) mass is 251 g/mol. The number of hydrogen-bond acceptors (Lipinski definition) is 4. The molecule has 0 fully saturated rings. The smallest absolute Gasteiger partial charge is 0.214 e. The molecule has 0 spiro atoms. The lowest BCUT2D eigenvalue weighted by Gasteiger charge is -2.29. The molecule has 0 aromatic heterocycles. The molecule has 5 nitrogen and oxygen atoms in total. The molecule has 0 aromatic carbocycles. The molecule has 3 atom stereocenters. The summed E-state index contributed by atoms with van der Waals surface area (Å²) >= 11 is -1.38. The highest BCUT2D eigenvalue weighted by Gasteiger charge is 2.18. The first kappa shape index (κ1) is 15.5. The van der Waals surface area contributed by atoms with E-state index in [1.165, 1.54) is 4.31 Å². The van der Waals surface area contributed by atoms with Gasteiger partial charge in [0.2, 0.25) is 16.3 Å². The van der Waals surface area contributed by atoms with Gasteiger partial charge in [-0.2, -0.15) is 0 Å². The van der Waals surface area contributed by atoms with Gasteiger partial charge in [0.1, 0.15) is 0 Å². The molecule has 0 aliphatic rings. The van der Waals surface area contributed by atoms with Crippen LogP contribution >= 0.6 is 0 Å². The first-order valence-electron chi connectivity index (χ1n) is 5.16. The van der Waals surface area contributed by atoms with E-state index in [0.717, 1.165) is 21.6 Å². The minimum Gasteiger partial charge on any atom is -0.760 e. The van der Waals surface area contributed by atoms with E-state index in [4.69, 9.17) is 5.73 Å². The molecule has 0 aliphatic carbocycles. The van der Waals surface area contributed by atoms with Gasteiger partial charge in [-0.05, 0) is 5.92 Å². The largest absolute Gasteiger partial charge is 0.760 e. The predicted octanol–water partition coefficient (Wildman–Crippen LogP) is -1.52. The third kappa shape index (κ3) is 6.64. The lowest BCUT2D eigenvalue weighted by molar-refractivity contribution is 0.121. The van der Waals surface area contributed by atoms with Crippen LogP contribution in [0.1, 0.15) is 13.8 Å². The van der Waals surface area contributed by atoms with Gasteiger partial charge in [-0.3, -0.25) is 4.21 Å². The van der Waals surface area contributed by atoms with Crippen LogP contribution < -0.4 is 5.73 Å². The topological polar surface area (TPSA) is 89.6 Å². The first-order chi connectivity index (χ1) is 6.88. The molecule has 0 aromatic rings. The van der Waals surface area contributed by atoms with E-state index in [1.54, 1.807) is 0 Å². The summed E-state index contributed by atoms with van der Waals surface area (Å²) in [5, 5.41) is 10.4. The van der Waals surface area contributed by atoms with Crippen molar-refractivity contribution in [1.82, 2.24) is 4.31 Å². The highest BCUT2D eigenvalue weighted by molar-refractivity contribution is 7.76. The molecule has 0 rings (SSSR count). The second-order valence-electron chi connectivity index (χ2n) is 4.10. The Bertz CT molecular complexity index is 206. The normalized spacial score (nSPS) is 18.1. The molecule has 0 saturated carbocycles. The van der Waals surface area contributed by atoms with Crippen molar-refractivity contribution in [2.75, 3.05) is 13.1 Å². The van der Waals surface area contributed by atoms with Crippen molar-refractivity contribution in [3.63, 3.8) is 0 Å². The third-order valence-corrected chi connectivity index (χ3v) is 3.80. The number of nitrogens with zero attached hydrogens (tertiary/aromatic N) is 1. The molecule has 0 aliphatic heterocycles. The summed E-state index contributed by atoms with van der Waals surface area (Å²) in [5.41, 5.74) is 5.65. The van der Waals surface area contributed by atoms with Crippen molar-refractivity contribution in [1.29, 1.82) is 0 Å². The number of nitrogens with two attached hydrogens (primary N) is 1. The van der Waals surface area contributed by atoms with Gasteiger partial charge in [0, 0.05) is 30.4 Å². The average molecular weight is 251 g/mol. The molecule has 0 bridgehead atoms. The summed E-state index contributed by atoms with van der Waals surface area (Å²) in [5.74, 6) is 0.238. The van der Waals surface area contributed by atoms with Crippen molar-refractivity contribution < 1.29 is 13.9 Å². The SMILES string of the molecule is CC(C)CN(CC(O)C(N)[CH2][AlH2])S(=O)[O-]. The molecule has 7 heteroatoms. The van der Waals surface area contributed by atoms with E-state index in [1.807, 2.05) is 13.8 Å². The quantitative estimate of drug-likeness (QED) is 0.425. The summed E-state index contributed by atoms with van der Waals surface area (Å²) in [4.78, 5) is 0. The van der Waals surface area contributed by atoms with Crippen LogP contribution in [0, 0.1) is 5.92 Å². The average Bonchev–Trinajstić information content (AvgIpc) is 2.14. The van der Waals surface area contributed by atoms with Crippen molar-refractivity contribution in [3.8, 4) is 0 Å². The van der Waals surface area contributed by atoms with Crippen molar-refractivity contribution >= 4 is 27.6 Å². The molecule has 90 valence electrons. The van der Waals surface area contributed by atoms with Crippen LogP contribution in [-0.2, 0) is 11.3 Å². The Morgan fingerprint density at radius 3 is 2.40 bits per heavy atom. The van der Waals surface area contributed by atoms with Gasteiger partial charge in [0.15, 0.2) is 0 Å². The van der Waals surface area contributed by atoms with E-state index in [9.17, 15) is 13.9 Å². The maximum absolute atomic E-state index is 10.9. The summed E-state index contributed by atoms with van der Waals surface area (Å²) in [7, 11) is 0. The van der Waals surface area contributed by atoms with Crippen LogP contribution in [0.15, 0.2) is 0 Å². The Balaban J connectivity index is 4.22.